The number of hydrazone groups is 1. The highest BCUT2D eigenvalue weighted by molar-refractivity contribution is 6.02. The fourth-order valence-corrected chi connectivity index (χ4v) is 3.58. The number of likely N-dealkylation sites (N-methyl/N-ethyl adjacent to an activating group) is 1. The topological polar surface area (TPSA) is 73.3 Å². The van der Waals surface area contributed by atoms with Gasteiger partial charge in [0.1, 0.15) is 6.04 Å². The molecule has 2 heterocycles. The summed E-state index contributed by atoms with van der Waals surface area (Å²) >= 11 is 0. The fraction of sp³-hybridized carbons (Fsp3) is 0.500. The third-order valence-electron chi connectivity index (χ3n) is 5.05. The molecule has 144 valence electrons. The van der Waals surface area contributed by atoms with Crippen molar-refractivity contribution in [2.75, 3.05) is 27.2 Å². The number of likely N-dealkylation sites (tertiary alicyclic amines) is 1. The molecule has 3 rings (SSSR count). The number of hydrogen-bond donors (Lipinski definition) is 0. The first-order valence-electron chi connectivity index (χ1n) is 9.41. The second-order valence-corrected chi connectivity index (χ2v) is 7.16. The van der Waals surface area contributed by atoms with E-state index in [0.29, 0.717) is 19.5 Å². The summed E-state index contributed by atoms with van der Waals surface area (Å²) in [5.74, 6) is -0.333. The Labute approximate surface area is 159 Å². The number of amides is 3. The van der Waals surface area contributed by atoms with Gasteiger partial charge in [-0.25, -0.2) is 5.01 Å². The van der Waals surface area contributed by atoms with E-state index in [2.05, 4.69) is 5.10 Å². The van der Waals surface area contributed by atoms with Crippen molar-refractivity contribution >= 4 is 23.4 Å². The number of carbonyl (C=O) groups is 3. The molecule has 27 heavy (non-hydrogen) atoms. The van der Waals surface area contributed by atoms with E-state index in [9.17, 15) is 14.4 Å². The Bertz CT molecular complexity index is 745. The van der Waals surface area contributed by atoms with Crippen LogP contribution in [0.15, 0.2) is 35.4 Å². The fourth-order valence-electron chi connectivity index (χ4n) is 3.58. The molecular weight excluding hydrogens is 344 g/mol. The summed E-state index contributed by atoms with van der Waals surface area (Å²) in [6.07, 6.45) is 2.45. The largest absolute Gasteiger partial charge is 0.347 e. The smallest absolute Gasteiger partial charge is 0.244 e. The zero-order valence-corrected chi connectivity index (χ0v) is 15.9. The second-order valence-electron chi connectivity index (χ2n) is 7.16. The average molecular weight is 370 g/mol. The summed E-state index contributed by atoms with van der Waals surface area (Å²) in [6.45, 7) is 1.12. The predicted octanol–water partition coefficient (Wildman–Crippen LogP) is 1.48. The Morgan fingerprint density at radius 1 is 1.07 bits per heavy atom. The molecule has 1 aromatic rings. The van der Waals surface area contributed by atoms with Crippen molar-refractivity contribution < 1.29 is 14.4 Å². The molecule has 2 aliphatic rings. The van der Waals surface area contributed by atoms with Crippen LogP contribution < -0.4 is 0 Å². The van der Waals surface area contributed by atoms with E-state index < -0.39 is 6.04 Å². The van der Waals surface area contributed by atoms with Gasteiger partial charge in [-0.3, -0.25) is 14.4 Å². The molecule has 1 fully saturated rings. The average Bonchev–Trinajstić information content (AvgIpc) is 3.35. The van der Waals surface area contributed by atoms with E-state index in [-0.39, 0.29) is 30.6 Å². The van der Waals surface area contributed by atoms with Crippen LogP contribution in [0.25, 0.3) is 0 Å². The molecule has 1 atom stereocenters. The van der Waals surface area contributed by atoms with E-state index in [1.54, 1.807) is 19.0 Å². The van der Waals surface area contributed by atoms with Crippen molar-refractivity contribution in [3.8, 4) is 0 Å². The molecule has 1 saturated heterocycles. The minimum atomic E-state index is -0.392. The van der Waals surface area contributed by atoms with Crippen LogP contribution in [0.1, 0.15) is 37.7 Å². The minimum Gasteiger partial charge on any atom is -0.347 e. The van der Waals surface area contributed by atoms with Crippen LogP contribution in [0.5, 0.6) is 0 Å². The summed E-state index contributed by atoms with van der Waals surface area (Å²) in [6, 6.07) is 9.40. The van der Waals surface area contributed by atoms with Crippen molar-refractivity contribution in [3.63, 3.8) is 0 Å². The number of benzene rings is 1. The maximum atomic E-state index is 12.5. The first-order chi connectivity index (χ1) is 13.0. The molecule has 0 bridgehead atoms. The number of carbonyl (C=O) groups excluding carboxylic acids is 3. The van der Waals surface area contributed by atoms with Gasteiger partial charge in [0.15, 0.2) is 0 Å². The van der Waals surface area contributed by atoms with Crippen molar-refractivity contribution in [1.29, 1.82) is 0 Å². The van der Waals surface area contributed by atoms with Crippen LogP contribution in [-0.2, 0) is 14.4 Å². The van der Waals surface area contributed by atoms with Crippen molar-refractivity contribution in [1.82, 2.24) is 14.8 Å². The van der Waals surface area contributed by atoms with Gasteiger partial charge >= 0.3 is 0 Å². The maximum absolute atomic E-state index is 12.5. The Hall–Kier alpha value is -2.70. The zero-order chi connectivity index (χ0) is 19.4. The maximum Gasteiger partial charge on any atom is 0.244 e. The monoisotopic (exact) mass is 370 g/mol. The molecule has 0 aliphatic carbocycles. The van der Waals surface area contributed by atoms with Crippen LogP contribution in [0, 0.1) is 0 Å². The molecule has 1 unspecified atom stereocenters. The Morgan fingerprint density at radius 2 is 1.78 bits per heavy atom. The Kier molecular flexibility index (Phi) is 5.88. The highest BCUT2D eigenvalue weighted by Gasteiger charge is 2.35. The summed E-state index contributed by atoms with van der Waals surface area (Å²) in [5, 5.41) is 5.88. The summed E-state index contributed by atoms with van der Waals surface area (Å²) in [5.41, 5.74) is 1.91. The summed E-state index contributed by atoms with van der Waals surface area (Å²) < 4.78 is 0. The van der Waals surface area contributed by atoms with Crippen LogP contribution in [0.3, 0.4) is 0 Å². The number of rotatable bonds is 5. The third kappa shape index (κ3) is 4.35. The van der Waals surface area contributed by atoms with Gasteiger partial charge in [-0.1, -0.05) is 30.3 Å². The van der Waals surface area contributed by atoms with E-state index >= 15 is 0 Å². The van der Waals surface area contributed by atoms with E-state index in [0.717, 1.165) is 24.1 Å². The quantitative estimate of drug-likeness (QED) is 0.788. The normalized spacial score (nSPS) is 19.2. The van der Waals surface area contributed by atoms with Crippen molar-refractivity contribution in [3.05, 3.63) is 35.9 Å². The van der Waals surface area contributed by atoms with E-state index in [1.165, 1.54) is 9.91 Å². The SMILES string of the molecule is CN(C)C(=O)C1CCCN1C(=O)CCC(=O)N1CCC(c2ccccc2)=N1. The second kappa shape index (κ2) is 8.33. The Morgan fingerprint density at radius 3 is 2.48 bits per heavy atom. The molecular formula is C20H26N4O3. The lowest BCUT2D eigenvalue weighted by Gasteiger charge is -2.26. The van der Waals surface area contributed by atoms with Gasteiger partial charge in [-0.05, 0) is 18.4 Å². The van der Waals surface area contributed by atoms with E-state index in [1.807, 2.05) is 30.3 Å². The molecule has 1 aromatic carbocycles. The van der Waals surface area contributed by atoms with Crippen molar-refractivity contribution in [2.24, 2.45) is 5.10 Å². The van der Waals surface area contributed by atoms with Gasteiger partial charge < -0.3 is 9.80 Å². The van der Waals surface area contributed by atoms with Gasteiger partial charge in [0.2, 0.25) is 17.7 Å². The molecule has 3 amide bonds. The Balaban J connectivity index is 1.54. The first kappa shape index (κ1) is 19.1. The number of nitrogens with zero attached hydrogens (tertiary/aromatic N) is 4. The van der Waals surface area contributed by atoms with Gasteiger partial charge in [0.25, 0.3) is 0 Å². The molecule has 0 saturated carbocycles. The van der Waals surface area contributed by atoms with Gasteiger partial charge in [-0.2, -0.15) is 5.10 Å². The summed E-state index contributed by atoms with van der Waals surface area (Å²) in [7, 11) is 3.39. The highest BCUT2D eigenvalue weighted by atomic mass is 16.2. The van der Waals surface area contributed by atoms with Crippen LogP contribution >= 0.6 is 0 Å². The third-order valence-corrected chi connectivity index (χ3v) is 5.05. The van der Waals surface area contributed by atoms with Gasteiger partial charge in [-0.15, -0.1) is 0 Å². The molecule has 0 N–H and O–H groups in total. The highest BCUT2D eigenvalue weighted by Crippen LogP contribution is 2.21. The van der Waals surface area contributed by atoms with Crippen LogP contribution in [0.2, 0.25) is 0 Å². The van der Waals surface area contributed by atoms with Gasteiger partial charge in [0.05, 0.1) is 12.3 Å². The van der Waals surface area contributed by atoms with Gasteiger partial charge in [0, 0.05) is 39.9 Å². The summed E-state index contributed by atoms with van der Waals surface area (Å²) in [4.78, 5) is 40.3. The van der Waals surface area contributed by atoms with Crippen LogP contribution in [-0.4, -0.2) is 71.5 Å². The molecule has 2 aliphatic heterocycles. The van der Waals surface area contributed by atoms with Crippen molar-refractivity contribution in [2.45, 2.75) is 38.1 Å². The number of hydrogen-bond acceptors (Lipinski definition) is 4. The van der Waals surface area contributed by atoms with Crippen LogP contribution in [0.4, 0.5) is 0 Å². The van der Waals surface area contributed by atoms with E-state index in [4.69, 9.17) is 0 Å². The first-order valence-corrected chi connectivity index (χ1v) is 9.41. The zero-order valence-electron chi connectivity index (χ0n) is 15.9. The molecule has 0 aromatic heterocycles. The lowest BCUT2D eigenvalue weighted by atomic mass is 10.1. The molecule has 0 spiro atoms. The minimum absolute atomic E-state index is 0.0520. The predicted molar refractivity (Wildman–Crippen MR) is 102 cm³/mol. The lowest BCUT2D eigenvalue weighted by Crippen LogP contribution is -2.45. The lowest BCUT2D eigenvalue weighted by molar-refractivity contribution is -0.143. The molecule has 7 heteroatoms. The molecule has 7 nitrogen and oxygen atoms in total. The molecule has 0 radical (unpaired) electrons. The standard InChI is InChI=1S/C20H26N4O3/c1-22(2)20(27)17-9-6-13-23(17)18(25)10-11-19(26)24-14-12-16(21-24)15-7-4-3-5-8-15/h3-5,7-8,17H,6,9-14H2,1-2H3.